The van der Waals surface area contributed by atoms with E-state index in [0.717, 1.165) is 13.0 Å². The third-order valence-corrected chi connectivity index (χ3v) is 3.01. The molecular formula is C14H22N2O2. The molecule has 0 aromatic carbocycles. The summed E-state index contributed by atoms with van der Waals surface area (Å²) in [6, 6.07) is 3.59. The van der Waals surface area contributed by atoms with Crippen LogP contribution in [0.4, 0.5) is 5.69 Å². The Labute approximate surface area is 108 Å². The third-order valence-electron chi connectivity index (χ3n) is 3.01. The quantitative estimate of drug-likeness (QED) is 0.720. The number of rotatable bonds is 8. The van der Waals surface area contributed by atoms with Crippen LogP contribution in [-0.4, -0.2) is 18.2 Å². The molecule has 0 aliphatic heterocycles. The number of nitrogen functional groups attached to an aromatic ring is 1. The average Bonchev–Trinajstić information content (AvgIpc) is 3.19. The van der Waals surface area contributed by atoms with Gasteiger partial charge in [-0.3, -0.25) is 0 Å². The van der Waals surface area contributed by atoms with Crippen molar-refractivity contribution in [2.45, 2.75) is 39.0 Å². The van der Waals surface area contributed by atoms with Gasteiger partial charge in [0.25, 0.3) is 0 Å². The Morgan fingerprint density at radius 3 is 2.83 bits per heavy atom. The SMILES string of the molecule is CCCCCOc1ccc(N)c(OCC2CC2)n1. The Balaban J connectivity index is 1.83. The number of nitrogens with two attached hydrogens (primary N) is 1. The molecule has 0 atom stereocenters. The predicted molar refractivity (Wildman–Crippen MR) is 71.9 cm³/mol. The van der Waals surface area contributed by atoms with Crippen LogP contribution in [0.5, 0.6) is 11.8 Å². The van der Waals surface area contributed by atoms with Crippen molar-refractivity contribution in [3.05, 3.63) is 12.1 Å². The van der Waals surface area contributed by atoms with Crippen LogP contribution in [0, 0.1) is 5.92 Å². The van der Waals surface area contributed by atoms with Gasteiger partial charge >= 0.3 is 0 Å². The minimum Gasteiger partial charge on any atom is -0.478 e. The summed E-state index contributed by atoms with van der Waals surface area (Å²) in [5.74, 6) is 1.81. The Kier molecular flexibility index (Phi) is 4.67. The molecule has 0 bridgehead atoms. The number of hydrogen-bond donors (Lipinski definition) is 1. The molecule has 0 saturated heterocycles. The lowest BCUT2D eigenvalue weighted by atomic mass is 10.3. The second kappa shape index (κ2) is 6.47. The molecule has 0 radical (unpaired) electrons. The molecular weight excluding hydrogens is 228 g/mol. The second-order valence-electron chi connectivity index (χ2n) is 4.85. The Morgan fingerprint density at radius 2 is 2.11 bits per heavy atom. The summed E-state index contributed by atoms with van der Waals surface area (Å²) in [7, 11) is 0. The summed E-state index contributed by atoms with van der Waals surface area (Å²) in [4.78, 5) is 4.30. The molecule has 0 amide bonds. The van der Waals surface area contributed by atoms with Crippen molar-refractivity contribution in [2.75, 3.05) is 18.9 Å². The van der Waals surface area contributed by atoms with Gasteiger partial charge in [-0.25, -0.2) is 0 Å². The molecule has 1 aliphatic carbocycles. The maximum Gasteiger partial charge on any atom is 0.240 e. The van der Waals surface area contributed by atoms with Crippen LogP contribution in [-0.2, 0) is 0 Å². The molecule has 0 spiro atoms. The Morgan fingerprint density at radius 1 is 1.28 bits per heavy atom. The number of anilines is 1. The van der Waals surface area contributed by atoms with E-state index in [2.05, 4.69) is 11.9 Å². The van der Waals surface area contributed by atoms with E-state index in [1.807, 2.05) is 0 Å². The van der Waals surface area contributed by atoms with Crippen LogP contribution in [0.25, 0.3) is 0 Å². The molecule has 1 fully saturated rings. The van der Waals surface area contributed by atoms with Gasteiger partial charge in [-0.05, 0) is 31.2 Å². The lowest BCUT2D eigenvalue weighted by Crippen LogP contribution is -2.05. The van der Waals surface area contributed by atoms with Crippen LogP contribution in [0.1, 0.15) is 39.0 Å². The zero-order valence-electron chi connectivity index (χ0n) is 11.0. The van der Waals surface area contributed by atoms with Gasteiger partial charge in [0.1, 0.15) is 0 Å². The van der Waals surface area contributed by atoms with Crippen molar-refractivity contribution in [2.24, 2.45) is 5.92 Å². The zero-order valence-corrected chi connectivity index (χ0v) is 11.0. The topological polar surface area (TPSA) is 57.4 Å². The van der Waals surface area contributed by atoms with Crippen molar-refractivity contribution < 1.29 is 9.47 Å². The van der Waals surface area contributed by atoms with Crippen LogP contribution in [0.3, 0.4) is 0 Å². The lowest BCUT2D eigenvalue weighted by Gasteiger charge is -2.10. The molecule has 2 N–H and O–H groups in total. The molecule has 1 aromatic rings. The highest BCUT2D eigenvalue weighted by Crippen LogP contribution is 2.30. The molecule has 100 valence electrons. The third kappa shape index (κ3) is 4.09. The van der Waals surface area contributed by atoms with E-state index in [0.29, 0.717) is 30.0 Å². The van der Waals surface area contributed by atoms with Crippen molar-refractivity contribution in [3.8, 4) is 11.8 Å². The second-order valence-corrected chi connectivity index (χ2v) is 4.85. The van der Waals surface area contributed by atoms with Crippen molar-refractivity contribution >= 4 is 5.69 Å². The molecule has 1 aliphatic rings. The van der Waals surface area contributed by atoms with E-state index in [9.17, 15) is 0 Å². The largest absolute Gasteiger partial charge is 0.478 e. The first-order valence-corrected chi connectivity index (χ1v) is 6.81. The molecule has 1 saturated carbocycles. The van der Waals surface area contributed by atoms with E-state index in [-0.39, 0.29) is 0 Å². The fourth-order valence-corrected chi connectivity index (χ4v) is 1.64. The first kappa shape index (κ1) is 13.0. The van der Waals surface area contributed by atoms with Gasteiger partial charge in [-0.2, -0.15) is 4.98 Å². The van der Waals surface area contributed by atoms with Gasteiger partial charge < -0.3 is 15.2 Å². The minimum absolute atomic E-state index is 0.509. The monoisotopic (exact) mass is 250 g/mol. The normalized spacial score (nSPS) is 14.5. The fourth-order valence-electron chi connectivity index (χ4n) is 1.64. The number of aromatic nitrogens is 1. The van der Waals surface area contributed by atoms with Gasteiger partial charge in [-0.1, -0.05) is 19.8 Å². The summed E-state index contributed by atoms with van der Waals surface area (Å²) in [5, 5.41) is 0. The molecule has 4 heteroatoms. The highest BCUT2D eigenvalue weighted by atomic mass is 16.5. The smallest absolute Gasteiger partial charge is 0.240 e. The minimum atomic E-state index is 0.509. The molecule has 1 aromatic heterocycles. The van der Waals surface area contributed by atoms with Crippen LogP contribution >= 0.6 is 0 Å². The van der Waals surface area contributed by atoms with E-state index in [4.69, 9.17) is 15.2 Å². The molecule has 18 heavy (non-hydrogen) atoms. The van der Waals surface area contributed by atoms with Gasteiger partial charge in [0.05, 0.1) is 18.9 Å². The molecule has 1 heterocycles. The summed E-state index contributed by atoms with van der Waals surface area (Å²) in [6.07, 6.45) is 5.94. The molecule has 0 unspecified atom stereocenters. The number of unbranched alkanes of at least 4 members (excludes halogenated alkanes) is 2. The summed E-state index contributed by atoms with van der Waals surface area (Å²) in [5.41, 5.74) is 6.41. The first-order valence-electron chi connectivity index (χ1n) is 6.81. The van der Waals surface area contributed by atoms with Crippen LogP contribution in [0.15, 0.2) is 12.1 Å². The van der Waals surface area contributed by atoms with E-state index in [1.54, 1.807) is 12.1 Å². The Bertz CT molecular complexity index is 378. The maximum absolute atomic E-state index is 5.83. The predicted octanol–water partition coefficient (Wildman–Crippen LogP) is 3.02. The number of ether oxygens (including phenoxy) is 2. The fraction of sp³-hybridized carbons (Fsp3) is 0.643. The van der Waals surface area contributed by atoms with Gasteiger partial charge in [0, 0.05) is 6.07 Å². The average molecular weight is 250 g/mol. The standard InChI is InChI=1S/C14H22N2O2/c1-2-3-4-9-17-13-8-7-12(15)14(16-13)18-10-11-5-6-11/h7-8,11H,2-6,9-10,15H2,1H3. The molecule has 2 rings (SSSR count). The lowest BCUT2D eigenvalue weighted by molar-refractivity contribution is 0.268. The van der Waals surface area contributed by atoms with Gasteiger partial charge in [-0.15, -0.1) is 0 Å². The van der Waals surface area contributed by atoms with Crippen molar-refractivity contribution in [3.63, 3.8) is 0 Å². The van der Waals surface area contributed by atoms with Crippen LogP contribution in [0.2, 0.25) is 0 Å². The van der Waals surface area contributed by atoms with E-state index < -0.39 is 0 Å². The Hall–Kier alpha value is -1.45. The summed E-state index contributed by atoms with van der Waals surface area (Å²) < 4.78 is 11.2. The zero-order chi connectivity index (χ0) is 12.8. The number of hydrogen-bond acceptors (Lipinski definition) is 4. The van der Waals surface area contributed by atoms with Crippen molar-refractivity contribution in [1.82, 2.24) is 4.98 Å². The first-order chi connectivity index (χ1) is 8.79. The van der Waals surface area contributed by atoms with Crippen LogP contribution < -0.4 is 15.2 Å². The maximum atomic E-state index is 5.83. The van der Waals surface area contributed by atoms with E-state index >= 15 is 0 Å². The highest BCUT2D eigenvalue weighted by Gasteiger charge is 2.22. The van der Waals surface area contributed by atoms with Gasteiger partial charge in [0.2, 0.25) is 11.8 Å². The van der Waals surface area contributed by atoms with E-state index in [1.165, 1.54) is 25.7 Å². The molecule has 4 nitrogen and oxygen atoms in total. The number of pyridine rings is 1. The summed E-state index contributed by atoms with van der Waals surface area (Å²) in [6.45, 7) is 3.59. The highest BCUT2D eigenvalue weighted by molar-refractivity contribution is 5.49. The van der Waals surface area contributed by atoms with Gasteiger partial charge in [0.15, 0.2) is 0 Å². The number of nitrogens with zero attached hydrogens (tertiary/aromatic N) is 1. The van der Waals surface area contributed by atoms with Crippen molar-refractivity contribution in [1.29, 1.82) is 0 Å². The summed E-state index contributed by atoms with van der Waals surface area (Å²) >= 11 is 0.